The van der Waals surface area contributed by atoms with Crippen LogP contribution in [0.25, 0.3) is 48.7 Å². The number of benzene rings is 5. The number of carbonyl (C=O) groups excluding carboxylic acids is 1. The summed E-state index contributed by atoms with van der Waals surface area (Å²) in [5.41, 5.74) is 0.515. The van der Waals surface area contributed by atoms with Gasteiger partial charge in [-0.15, -0.1) is 11.8 Å². The fourth-order valence-electron chi connectivity index (χ4n) is 6.79. The molecule has 0 heterocycles. The van der Waals surface area contributed by atoms with E-state index in [4.69, 9.17) is 18.9 Å². The second kappa shape index (κ2) is 10.1. The number of phenols is 2. The highest BCUT2D eigenvalue weighted by Crippen LogP contribution is 2.58. The fourth-order valence-corrected chi connectivity index (χ4v) is 7.63. The van der Waals surface area contributed by atoms with Crippen molar-refractivity contribution in [2.75, 3.05) is 40.8 Å². The van der Waals surface area contributed by atoms with Crippen LogP contribution >= 0.6 is 11.8 Å². The van der Waals surface area contributed by atoms with Gasteiger partial charge in [-0.3, -0.25) is 14.4 Å². The number of thioether (sulfide) groups is 1. The van der Waals surface area contributed by atoms with Crippen LogP contribution in [0.5, 0.6) is 34.5 Å². The van der Waals surface area contributed by atoms with Crippen molar-refractivity contribution < 1.29 is 39.1 Å². The van der Waals surface area contributed by atoms with Crippen molar-refractivity contribution in [2.24, 2.45) is 0 Å². The summed E-state index contributed by atoms with van der Waals surface area (Å²) >= 11 is 1.06. The number of carbonyl (C=O) groups is 1. The molecule has 11 heteroatoms. The van der Waals surface area contributed by atoms with Crippen LogP contribution in [0.2, 0.25) is 0 Å². The average Bonchev–Trinajstić information content (AvgIpc) is 3.10. The molecule has 3 N–H and O–H groups in total. The van der Waals surface area contributed by atoms with E-state index < -0.39 is 16.6 Å². The second-order valence-electron chi connectivity index (χ2n) is 10.3. The molecule has 10 nitrogen and oxygen atoms in total. The lowest BCUT2D eigenvalue weighted by Gasteiger charge is -2.24. The number of hydrogen-bond donors (Lipinski definition) is 3. The third-order valence-corrected chi connectivity index (χ3v) is 9.27. The molecular weight excluding hydrogens is 576 g/mol. The van der Waals surface area contributed by atoms with Gasteiger partial charge in [0.05, 0.1) is 50.7 Å². The molecule has 0 unspecified atom stereocenters. The number of Topliss-reactive ketones (excluding diaryl/α,β-unsaturated/α-hetero) is 1. The first-order valence-electron chi connectivity index (χ1n) is 13.4. The highest BCUT2D eigenvalue weighted by molar-refractivity contribution is 7.99. The molecule has 5 aromatic rings. The first kappa shape index (κ1) is 28.6. The van der Waals surface area contributed by atoms with Crippen LogP contribution in [0.4, 0.5) is 0 Å². The largest absolute Gasteiger partial charge is 0.504 e. The molecular formula is C32H28O10S. The van der Waals surface area contributed by atoms with E-state index in [2.05, 4.69) is 0 Å². The Balaban J connectivity index is 2.17. The first-order valence-corrected chi connectivity index (χ1v) is 14.3. The van der Waals surface area contributed by atoms with Gasteiger partial charge >= 0.3 is 0 Å². The van der Waals surface area contributed by atoms with E-state index in [1.54, 1.807) is 6.92 Å². The molecule has 0 saturated carbocycles. The van der Waals surface area contributed by atoms with Crippen molar-refractivity contribution in [1.29, 1.82) is 0 Å². The zero-order valence-electron chi connectivity index (χ0n) is 24.3. The summed E-state index contributed by atoms with van der Waals surface area (Å²) in [5, 5.41) is 34.9. The molecule has 1 aliphatic rings. The van der Waals surface area contributed by atoms with Gasteiger partial charge in [0.2, 0.25) is 5.43 Å². The molecule has 0 aromatic heterocycles. The first-order chi connectivity index (χ1) is 20.6. The summed E-state index contributed by atoms with van der Waals surface area (Å²) in [6, 6.07) is 1.24. The topological polar surface area (TPSA) is 149 Å². The number of hydrogen-bond acceptors (Lipinski definition) is 11. The number of fused-ring (bicyclic) bond motifs is 1. The molecule has 43 heavy (non-hydrogen) atoms. The Bertz CT molecular complexity index is 2180. The molecule has 0 radical (unpaired) electrons. The van der Waals surface area contributed by atoms with E-state index in [0.29, 0.717) is 38.1 Å². The minimum atomic E-state index is -0.551. The second-order valence-corrected chi connectivity index (χ2v) is 11.5. The van der Waals surface area contributed by atoms with Crippen LogP contribution in [0.15, 0.2) is 26.1 Å². The van der Waals surface area contributed by atoms with Crippen molar-refractivity contribution in [2.45, 2.75) is 25.2 Å². The van der Waals surface area contributed by atoms with Gasteiger partial charge in [0.25, 0.3) is 0 Å². The van der Waals surface area contributed by atoms with E-state index in [9.17, 15) is 29.7 Å². The molecule has 6 rings (SSSR count). The number of methoxy groups -OCH3 is 4. The number of allylic oxidation sites excluding steroid dienone is 2. The Hall–Kier alpha value is -4.48. The summed E-state index contributed by atoms with van der Waals surface area (Å²) in [5.74, 6) is -0.717. The number of aliphatic hydroxyl groups is 1. The number of rotatable bonds is 8. The quantitative estimate of drug-likeness (QED) is 0.132. The third kappa shape index (κ3) is 3.55. The molecule has 222 valence electrons. The zero-order valence-corrected chi connectivity index (χ0v) is 25.1. The number of ketones is 1. The van der Waals surface area contributed by atoms with Gasteiger partial charge in [0, 0.05) is 55.5 Å². The lowest BCUT2D eigenvalue weighted by molar-refractivity contribution is -0.111. The maximum Gasteiger partial charge on any atom is 0.207 e. The monoisotopic (exact) mass is 604 g/mol. The van der Waals surface area contributed by atoms with Crippen LogP contribution in [-0.2, 0) is 11.2 Å². The van der Waals surface area contributed by atoms with Crippen LogP contribution < -0.4 is 29.8 Å². The summed E-state index contributed by atoms with van der Waals surface area (Å²) < 4.78 is 23.1. The Kier molecular flexibility index (Phi) is 6.70. The molecule has 5 aromatic carbocycles. The fraction of sp³-hybridized carbons (Fsp3) is 0.281. The molecule has 0 fully saturated rings. The molecule has 0 atom stereocenters. The standard InChI is InChI=1S/C32H28O10S/c1-11-9-13-17-20-22-18(26(36)30(41-5)23(20)16(11)12(2)34)14(35)10-15(39-3)19(22)24-21(17)25(27(37)29(13)40-4)28(38)32(31(24)42-6)43-8-7-33/h10,33,36-37H,7-9H2,1-6H3. The third-order valence-electron chi connectivity index (χ3n) is 8.22. The van der Waals surface area contributed by atoms with E-state index in [1.165, 1.54) is 41.4 Å². The van der Waals surface area contributed by atoms with Crippen LogP contribution in [0.1, 0.15) is 25.0 Å². The SMILES string of the molecule is COc1c(O)c2c(=O)cc(OC)c3c4c(OC)c(SCCO)c(=O)c5c(O)c(OC)c6c(c(c1C(C(C)=O)=C(C)C6)c23)c54. The van der Waals surface area contributed by atoms with E-state index in [-0.39, 0.29) is 85.5 Å². The van der Waals surface area contributed by atoms with E-state index in [1.807, 2.05) is 0 Å². The molecule has 0 saturated heterocycles. The average molecular weight is 605 g/mol. The number of ether oxygens (including phenoxy) is 4. The van der Waals surface area contributed by atoms with Gasteiger partial charge in [-0.1, -0.05) is 5.57 Å². The van der Waals surface area contributed by atoms with Gasteiger partial charge in [-0.25, -0.2) is 0 Å². The normalized spacial score (nSPS) is 13.1. The summed E-state index contributed by atoms with van der Waals surface area (Å²) in [7, 11) is 5.51. The Labute approximate surface area is 248 Å². The lowest BCUT2D eigenvalue weighted by atomic mass is 9.82. The summed E-state index contributed by atoms with van der Waals surface area (Å²) in [6.07, 6.45) is 0.136. The van der Waals surface area contributed by atoms with Crippen molar-refractivity contribution in [1.82, 2.24) is 0 Å². The van der Waals surface area contributed by atoms with Gasteiger partial charge in [-0.05, 0) is 25.7 Å². The van der Waals surface area contributed by atoms with Gasteiger partial charge in [-0.2, -0.15) is 0 Å². The molecule has 0 spiro atoms. The van der Waals surface area contributed by atoms with Gasteiger partial charge < -0.3 is 34.3 Å². The predicted octanol–water partition coefficient (Wildman–Crippen LogP) is 4.34. The molecule has 1 aliphatic carbocycles. The van der Waals surface area contributed by atoms with Crippen LogP contribution in [0, 0.1) is 0 Å². The van der Waals surface area contributed by atoms with Gasteiger partial charge in [0.15, 0.2) is 34.2 Å². The minimum Gasteiger partial charge on any atom is -0.504 e. The van der Waals surface area contributed by atoms with Crippen molar-refractivity contribution in [3.8, 4) is 34.5 Å². The zero-order chi connectivity index (χ0) is 31.1. The van der Waals surface area contributed by atoms with Crippen LogP contribution in [-0.4, -0.2) is 61.9 Å². The van der Waals surface area contributed by atoms with Gasteiger partial charge in [0.1, 0.15) is 11.5 Å². The highest BCUT2D eigenvalue weighted by atomic mass is 32.2. The van der Waals surface area contributed by atoms with Crippen molar-refractivity contribution in [3.05, 3.63) is 43.2 Å². The van der Waals surface area contributed by atoms with E-state index in [0.717, 1.165) is 11.8 Å². The minimum absolute atomic E-state index is 0.0396. The lowest BCUT2D eigenvalue weighted by Crippen LogP contribution is -2.12. The van der Waals surface area contributed by atoms with Crippen molar-refractivity contribution in [3.63, 3.8) is 0 Å². The highest BCUT2D eigenvalue weighted by Gasteiger charge is 2.37. The summed E-state index contributed by atoms with van der Waals surface area (Å²) in [4.78, 5) is 41.3. The molecule has 0 aliphatic heterocycles. The van der Waals surface area contributed by atoms with E-state index >= 15 is 0 Å². The van der Waals surface area contributed by atoms with Crippen LogP contribution in [0.3, 0.4) is 0 Å². The maximum atomic E-state index is 14.2. The Morgan fingerprint density at radius 2 is 1.44 bits per heavy atom. The molecule has 0 amide bonds. The molecule has 0 bridgehead atoms. The summed E-state index contributed by atoms with van der Waals surface area (Å²) in [6.45, 7) is 2.94. The smallest absolute Gasteiger partial charge is 0.207 e. The number of aliphatic hydroxyl groups excluding tert-OH is 1. The number of aromatic hydroxyl groups is 2. The predicted molar refractivity (Wildman–Crippen MR) is 166 cm³/mol. The maximum absolute atomic E-state index is 14.2. The Morgan fingerprint density at radius 1 is 0.814 bits per heavy atom. The Morgan fingerprint density at radius 3 is 2.02 bits per heavy atom. The number of phenolic OH excluding ortho intramolecular Hbond substituents is 2. The van der Waals surface area contributed by atoms with Crippen molar-refractivity contribution >= 4 is 66.2 Å².